The monoisotopic (exact) mass is 290 g/mol. The van der Waals surface area contributed by atoms with Crippen molar-refractivity contribution in [1.82, 2.24) is 0 Å². The molecule has 2 nitrogen and oxygen atoms in total. The molecule has 0 spiro atoms. The van der Waals surface area contributed by atoms with Crippen LogP contribution in [0.1, 0.15) is 48.8 Å². The predicted molar refractivity (Wildman–Crippen MR) is 93.2 cm³/mol. The van der Waals surface area contributed by atoms with Gasteiger partial charge in [0.25, 0.3) is 0 Å². The van der Waals surface area contributed by atoms with E-state index in [9.17, 15) is 0 Å². The first-order chi connectivity index (χ1) is 10.8. The van der Waals surface area contributed by atoms with E-state index in [2.05, 4.69) is 48.5 Å². The Balaban J connectivity index is 2.02. The van der Waals surface area contributed by atoms with E-state index in [0.29, 0.717) is 0 Å². The first-order valence-electron chi connectivity index (χ1n) is 8.26. The van der Waals surface area contributed by atoms with Gasteiger partial charge in [-0.25, -0.2) is 5.84 Å². The highest BCUT2D eigenvalue weighted by Gasteiger charge is 2.23. The summed E-state index contributed by atoms with van der Waals surface area (Å²) in [5, 5.41) is 1.91. The van der Waals surface area contributed by atoms with Crippen LogP contribution in [0.3, 0.4) is 0 Å². The van der Waals surface area contributed by atoms with Crippen LogP contribution in [0.2, 0.25) is 0 Å². The highest BCUT2D eigenvalue weighted by Crippen LogP contribution is 2.42. The molecule has 4 rings (SSSR count). The molecule has 0 saturated carbocycles. The van der Waals surface area contributed by atoms with E-state index in [1.165, 1.54) is 47.9 Å². The van der Waals surface area contributed by atoms with Crippen LogP contribution in [0.15, 0.2) is 48.5 Å². The number of hydrogen-bond acceptors (Lipinski definition) is 2. The summed E-state index contributed by atoms with van der Waals surface area (Å²) in [6.07, 6.45) is 6.24. The standard InChI is InChI=1S/C20H22N2/c21-22-14-15-8-4-5-9-16(15)17-10-2-1-3-11-18(17)19-12-6-7-13-20(19)22/h4-9,12-13H,1-3,10-11,14,21H2. The maximum Gasteiger partial charge on any atom is 0.0598 e. The predicted octanol–water partition coefficient (Wildman–Crippen LogP) is 4.76. The minimum absolute atomic E-state index is 0.768. The highest BCUT2D eigenvalue weighted by atomic mass is 15.4. The number of rotatable bonds is 0. The van der Waals surface area contributed by atoms with E-state index in [1.807, 2.05) is 5.01 Å². The second-order valence-electron chi connectivity index (χ2n) is 6.32. The van der Waals surface area contributed by atoms with Crippen LogP contribution in [0.5, 0.6) is 0 Å². The van der Waals surface area contributed by atoms with Gasteiger partial charge in [0, 0.05) is 5.56 Å². The van der Waals surface area contributed by atoms with E-state index >= 15 is 0 Å². The van der Waals surface area contributed by atoms with Crippen molar-refractivity contribution in [2.75, 3.05) is 5.01 Å². The molecule has 1 heterocycles. The molecule has 0 amide bonds. The van der Waals surface area contributed by atoms with Crippen molar-refractivity contribution < 1.29 is 0 Å². The first kappa shape index (κ1) is 13.6. The van der Waals surface area contributed by atoms with Gasteiger partial charge in [0.1, 0.15) is 0 Å². The summed E-state index contributed by atoms with van der Waals surface area (Å²) < 4.78 is 0. The van der Waals surface area contributed by atoms with Crippen molar-refractivity contribution in [3.05, 3.63) is 65.2 Å². The average molecular weight is 290 g/mol. The Bertz CT molecular complexity index is 730. The average Bonchev–Trinajstić information content (AvgIpc) is 2.80. The number of hydrogen-bond donors (Lipinski definition) is 1. The molecule has 2 N–H and O–H groups in total. The Morgan fingerprint density at radius 2 is 1.36 bits per heavy atom. The second-order valence-corrected chi connectivity index (χ2v) is 6.32. The van der Waals surface area contributed by atoms with Crippen molar-refractivity contribution in [3.63, 3.8) is 0 Å². The van der Waals surface area contributed by atoms with Gasteiger partial charge in [-0.1, -0.05) is 48.9 Å². The normalized spacial score (nSPS) is 17.8. The third-order valence-corrected chi connectivity index (χ3v) is 4.94. The Morgan fingerprint density at radius 1 is 0.727 bits per heavy atom. The van der Waals surface area contributed by atoms with Crippen LogP contribution in [0.25, 0.3) is 11.1 Å². The quantitative estimate of drug-likeness (QED) is 0.709. The minimum Gasteiger partial charge on any atom is -0.306 e. The van der Waals surface area contributed by atoms with E-state index in [-0.39, 0.29) is 0 Å². The fraction of sp³-hybridized carbons (Fsp3) is 0.300. The molecule has 0 fully saturated rings. The van der Waals surface area contributed by atoms with Crippen LogP contribution in [-0.4, -0.2) is 0 Å². The lowest BCUT2D eigenvalue weighted by Gasteiger charge is -2.29. The molecular weight excluding hydrogens is 268 g/mol. The van der Waals surface area contributed by atoms with E-state index < -0.39 is 0 Å². The third kappa shape index (κ3) is 2.24. The number of fused-ring (bicyclic) bond motifs is 4. The zero-order valence-electron chi connectivity index (χ0n) is 12.9. The Morgan fingerprint density at radius 3 is 2.18 bits per heavy atom. The van der Waals surface area contributed by atoms with Gasteiger partial charge in [-0.05, 0) is 54.0 Å². The Kier molecular flexibility index (Phi) is 3.47. The van der Waals surface area contributed by atoms with Crippen molar-refractivity contribution in [3.8, 4) is 0 Å². The summed E-state index contributed by atoms with van der Waals surface area (Å²) in [5.41, 5.74) is 8.30. The largest absolute Gasteiger partial charge is 0.306 e. The smallest absolute Gasteiger partial charge is 0.0598 e. The summed E-state index contributed by atoms with van der Waals surface area (Å²) in [7, 11) is 0. The molecule has 1 aliphatic heterocycles. The number of hydrazine groups is 1. The lowest BCUT2D eigenvalue weighted by atomic mass is 9.86. The zero-order chi connectivity index (χ0) is 14.9. The maximum atomic E-state index is 6.40. The van der Waals surface area contributed by atoms with Gasteiger partial charge in [-0.3, -0.25) is 0 Å². The molecule has 0 bridgehead atoms. The van der Waals surface area contributed by atoms with Gasteiger partial charge in [0.2, 0.25) is 0 Å². The van der Waals surface area contributed by atoms with E-state index in [4.69, 9.17) is 5.84 Å². The van der Waals surface area contributed by atoms with Crippen LogP contribution in [-0.2, 0) is 6.54 Å². The number of nitrogens with zero attached hydrogens (tertiary/aromatic N) is 1. The summed E-state index contributed by atoms with van der Waals surface area (Å²) in [6, 6.07) is 17.4. The zero-order valence-corrected chi connectivity index (χ0v) is 12.9. The topological polar surface area (TPSA) is 29.3 Å². The van der Waals surface area contributed by atoms with Crippen LogP contribution in [0.4, 0.5) is 5.69 Å². The van der Waals surface area contributed by atoms with Gasteiger partial charge >= 0.3 is 0 Å². The summed E-state index contributed by atoms with van der Waals surface area (Å²) in [5.74, 6) is 6.40. The fourth-order valence-corrected chi connectivity index (χ4v) is 3.88. The molecule has 2 heteroatoms. The molecule has 112 valence electrons. The van der Waals surface area contributed by atoms with Gasteiger partial charge in [0.15, 0.2) is 0 Å². The summed E-state index contributed by atoms with van der Waals surface area (Å²) in [6.45, 7) is 0.768. The molecule has 0 atom stereocenters. The van der Waals surface area contributed by atoms with Gasteiger partial charge < -0.3 is 5.01 Å². The molecule has 0 radical (unpaired) electrons. The van der Waals surface area contributed by atoms with Gasteiger partial charge in [-0.2, -0.15) is 0 Å². The SMILES string of the molecule is NN1Cc2ccccc2C2=C(CCCCC2)c2ccccc21. The molecule has 2 aromatic rings. The van der Waals surface area contributed by atoms with Crippen molar-refractivity contribution >= 4 is 16.8 Å². The number of para-hydroxylation sites is 1. The number of nitrogens with two attached hydrogens (primary N) is 1. The minimum atomic E-state index is 0.768. The van der Waals surface area contributed by atoms with Crippen LogP contribution < -0.4 is 10.9 Å². The summed E-state index contributed by atoms with van der Waals surface area (Å²) >= 11 is 0. The summed E-state index contributed by atoms with van der Waals surface area (Å²) in [4.78, 5) is 0. The maximum absolute atomic E-state index is 6.40. The van der Waals surface area contributed by atoms with Crippen molar-refractivity contribution in [2.24, 2.45) is 5.84 Å². The van der Waals surface area contributed by atoms with Gasteiger partial charge in [0.05, 0.1) is 12.2 Å². The molecular formula is C20H22N2. The highest BCUT2D eigenvalue weighted by molar-refractivity contribution is 5.96. The first-order valence-corrected chi connectivity index (χ1v) is 8.26. The lowest BCUT2D eigenvalue weighted by Crippen LogP contribution is -2.32. The van der Waals surface area contributed by atoms with E-state index in [0.717, 1.165) is 18.7 Å². The molecule has 2 aromatic carbocycles. The molecule has 0 unspecified atom stereocenters. The molecule has 0 aromatic heterocycles. The van der Waals surface area contributed by atoms with Crippen LogP contribution >= 0.6 is 0 Å². The van der Waals surface area contributed by atoms with Gasteiger partial charge in [-0.15, -0.1) is 0 Å². The molecule has 1 aliphatic carbocycles. The van der Waals surface area contributed by atoms with Crippen molar-refractivity contribution in [2.45, 2.75) is 38.6 Å². The lowest BCUT2D eigenvalue weighted by molar-refractivity contribution is 0.723. The third-order valence-electron chi connectivity index (χ3n) is 4.94. The molecule has 0 saturated heterocycles. The van der Waals surface area contributed by atoms with Crippen LogP contribution in [0, 0.1) is 0 Å². The Labute approximate surface area is 132 Å². The number of allylic oxidation sites excluding steroid dienone is 2. The van der Waals surface area contributed by atoms with Crippen molar-refractivity contribution in [1.29, 1.82) is 0 Å². The number of anilines is 1. The molecule has 2 aliphatic rings. The molecule has 22 heavy (non-hydrogen) atoms. The fourth-order valence-electron chi connectivity index (χ4n) is 3.88. The second kappa shape index (κ2) is 5.62. The number of benzene rings is 2. The van der Waals surface area contributed by atoms with E-state index in [1.54, 1.807) is 5.57 Å². The Hall–Kier alpha value is -2.06.